The van der Waals surface area contributed by atoms with Gasteiger partial charge in [-0.3, -0.25) is 0 Å². The van der Waals surface area contributed by atoms with Crippen molar-refractivity contribution in [1.82, 2.24) is 0 Å². The number of rotatable bonds is 7. The Morgan fingerprint density at radius 2 is 1.78 bits per heavy atom. The van der Waals surface area contributed by atoms with E-state index in [0.29, 0.717) is 30.3 Å². The van der Waals surface area contributed by atoms with Gasteiger partial charge in [0, 0.05) is 13.0 Å². The van der Waals surface area contributed by atoms with Crippen LogP contribution in [-0.2, 0) is 0 Å². The molecule has 0 radical (unpaired) electrons. The smallest absolute Gasteiger partial charge is 0.203 e. The Hall–Kier alpha value is -1.46. The van der Waals surface area contributed by atoms with Crippen LogP contribution in [0.5, 0.6) is 17.2 Å². The summed E-state index contributed by atoms with van der Waals surface area (Å²) in [5, 5.41) is 9.79. The highest BCUT2D eigenvalue weighted by Gasteiger charge is 2.19. The maximum absolute atomic E-state index is 9.79. The first-order valence-electron chi connectivity index (χ1n) is 5.80. The van der Waals surface area contributed by atoms with Gasteiger partial charge in [-0.15, -0.1) is 0 Å². The molecule has 18 heavy (non-hydrogen) atoms. The summed E-state index contributed by atoms with van der Waals surface area (Å²) in [6.45, 7) is 2.20. The Morgan fingerprint density at radius 3 is 2.22 bits per heavy atom. The Kier molecular flexibility index (Phi) is 5.25. The van der Waals surface area contributed by atoms with E-state index in [2.05, 4.69) is 0 Å². The first-order valence-corrected chi connectivity index (χ1v) is 5.80. The molecule has 0 bridgehead atoms. The third kappa shape index (κ3) is 3.78. The highest BCUT2D eigenvalue weighted by Crippen LogP contribution is 2.36. The fraction of sp³-hybridized carbons (Fsp3) is 0.538. The van der Waals surface area contributed by atoms with Crippen LogP contribution in [0, 0.1) is 0 Å². The van der Waals surface area contributed by atoms with Crippen LogP contribution in [0.25, 0.3) is 0 Å². The van der Waals surface area contributed by atoms with Gasteiger partial charge < -0.3 is 25.1 Å². The van der Waals surface area contributed by atoms with Gasteiger partial charge in [0.15, 0.2) is 11.5 Å². The van der Waals surface area contributed by atoms with E-state index in [1.165, 1.54) is 0 Å². The van der Waals surface area contributed by atoms with Crippen molar-refractivity contribution in [2.75, 3.05) is 27.4 Å². The minimum atomic E-state index is -0.921. The van der Waals surface area contributed by atoms with Crippen LogP contribution in [0.4, 0.5) is 0 Å². The van der Waals surface area contributed by atoms with Crippen molar-refractivity contribution in [1.29, 1.82) is 0 Å². The SMILES string of the molecule is COc1cccc(OC)c1OCCC(C)(O)CN. The topological polar surface area (TPSA) is 73.9 Å². The van der Waals surface area contributed by atoms with Crippen LogP contribution in [-0.4, -0.2) is 38.1 Å². The summed E-state index contributed by atoms with van der Waals surface area (Å²) in [6, 6.07) is 5.40. The van der Waals surface area contributed by atoms with Gasteiger partial charge in [0.2, 0.25) is 5.75 Å². The summed E-state index contributed by atoms with van der Waals surface area (Å²) in [6.07, 6.45) is 0.435. The summed E-state index contributed by atoms with van der Waals surface area (Å²) in [5.74, 6) is 1.74. The Morgan fingerprint density at radius 1 is 1.22 bits per heavy atom. The third-order valence-corrected chi connectivity index (χ3v) is 2.71. The van der Waals surface area contributed by atoms with Gasteiger partial charge in [-0.2, -0.15) is 0 Å². The molecule has 0 aromatic heterocycles. The van der Waals surface area contributed by atoms with E-state index in [0.717, 1.165) is 0 Å². The summed E-state index contributed by atoms with van der Waals surface area (Å²) in [5.41, 5.74) is 4.52. The lowest BCUT2D eigenvalue weighted by atomic mass is 10.0. The number of hydrogen-bond donors (Lipinski definition) is 2. The molecule has 0 aliphatic heterocycles. The zero-order chi connectivity index (χ0) is 13.6. The van der Waals surface area contributed by atoms with Crippen LogP contribution in [0.3, 0.4) is 0 Å². The molecule has 1 atom stereocenters. The van der Waals surface area contributed by atoms with Crippen LogP contribution in [0.2, 0.25) is 0 Å². The van der Waals surface area contributed by atoms with Gasteiger partial charge in [-0.05, 0) is 19.1 Å². The second-order valence-electron chi connectivity index (χ2n) is 4.29. The molecule has 5 nitrogen and oxygen atoms in total. The van der Waals surface area contributed by atoms with E-state index < -0.39 is 5.60 Å². The van der Waals surface area contributed by atoms with Crippen molar-refractivity contribution >= 4 is 0 Å². The molecule has 0 amide bonds. The van der Waals surface area contributed by atoms with Gasteiger partial charge >= 0.3 is 0 Å². The summed E-state index contributed by atoms with van der Waals surface area (Å²) >= 11 is 0. The van der Waals surface area contributed by atoms with Crippen LogP contribution >= 0.6 is 0 Å². The van der Waals surface area contributed by atoms with Gasteiger partial charge in [0.05, 0.1) is 26.4 Å². The van der Waals surface area contributed by atoms with Crippen molar-refractivity contribution in [3.8, 4) is 17.2 Å². The molecule has 0 fully saturated rings. The first-order chi connectivity index (χ1) is 8.54. The van der Waals surface area contributed by atoms with E-state index in [9.17, 15) is 5.11 Å². The molecule has 0 saturated heterocycles. The molecule has 0 aliphatic rings. The molecular formula is C13H21NO4. The second kappa shape index (κ2) is 6.47. The summed E-state index contributed by atoms with van der Waals surface area (Å²) in [7, 11) is 3.13. The molecule has 1 aromatic rings. The predicted octanol–water partition coefficient (Wildman–Crippen LogP) is 1.18. The Labute approximate surface area is 107 Å². The van der Waals surface area contributed by atoms with Crippen molar-refractivity contribution < 1.29 is 19.3 Å². The van der Waals surface area contributed by atoms with E-state index in [1.54, 1.807) is 33.3 Å². The van der Waals surface area contributed by atoms with E-state index in [1.807, 2.05) is 6.07 Å². The lowest BCUT2D eigenvalue weighted by Crippen LogP contribution is -2.35. The zero-order valence-electron chi connectivity index (χ0n) is 11.1. The molecule has 102 valence electrons. The van der Waals surface area contributed by atoms with Crippen molar-refractivity contribution in [3.05, 3.63) is 18.2 Å². The number of nitrogens with two attached hydrogens (primary N) is 1. The normalized spacial score (nSPS) is 13.8. The van der Waals surface area contributed by atoms with E-state index >= 15 is 0 Å². The summed E-state index contributed by atoms with van der Waals surface area (Å²) < 4.78 is 16.0. The van der Waals surface area contributed by atoms with Crippen LogP contribution in [0.15, 0.2) is 18.2 Å². The number of para-hydroxylation sites is 1. The molecule has 0 heterocycles. The fourth-order valence-corrected chi connectivity index (χ4v) is 1.43. The number of aliphatic hydroxyl groups is 1. The Balaban J connectivity index is 2.71. The third-order valence-electron chi connectivity index (χ3n) is 2.71. The molecule has 5 heteroatoms. The fourth-order valence-electron chi connectivity index (χ4n) is 1.43. The quantitative estimate of drug-likeness (QED) is 0.765. The van der Waals surface area contributed by atoms with Crippen LogP contribution < -0.4 is 19.9 Å². The van der Waals surface area contributed by atoms with Crippen molar-refractivity contribution in [2.24, 2.45) is 5.73 Å². The number of hydrogen-bond acceptors (Lipinski definition) is 5. The minimum absolute atomic E-state index is 0.194. The van der Waals surface area contributed by atoms with Crippen LogP contribution in [0.1, 0.15) is 13.3 Å². The average molecular weight is 255 g/mol. The maximum Gasteiger partial charge on any atom is 0.203 e. The van der Waals surface area contributed by atoms with E-state index in [4.69, 9.17) is 19.9 Å². The largest absolute Gasteiger partial charge is 0.493 e. The average Bonchev–Trinajstić information content (AvgIpc) is 2.38. The number of benzene rings is 1. The molecular weight excluding hydrogens is 234 g/mol. The van der Waals surface area contributed by atoms with Gasteiger partial charge in [-0.25, -0.2) is 0 Å². The Bertz CT molecular complexity index is 357. The minimum Gasteiger partial charge on any atom is -0.493 e. The molecule has 1 aromatic carbocycles. The molecule has 1 unspecified atom stereocenters. The maximum atomic E-state index is 9.79. The molecule has 0 saturated carbocycles. The zero-order valence-corrected chi connectivity index (χ0v) is 11.1. The predicted molar refractivity (Wildman–Crippen MR) is 69.3 cm³/mol. The molecule has 0 aliphatic carbocycles. The number of methoxy groups -OCH3 is 2. The standard InChI is InChI=1S/C13H21NO4/c1-13(15,9-14)7-8-18-12-10(16-2)5-4-6-11(12)17-3/h4-6,15H,7-9,14H2,1-3H3. The lowest BCUT2D eigenvalue weighted by molar-refractivity contribution is 0.0446. The molecule has 3 N–H and O–H groups in total. The highest BCUT2D eigenvalue weighted by atomic mass is 16.5. The first kappa shape index (κ1) is 14.6. The van der Waals surface area contributed by atoms with E-state index in [-0.39, 0.29) is 6.54 Å². The van der Waals surface area contributed by atoms with Crippen molar-refractivity contribution in [2.45, 2.75) is 18.9 Å². The van der Waals surface area contributed by atoms with Gasteiger partial charge in [0.1, 0.15) is 0 Å². The molecule has 0 spiro atoms. The monoisotopic (exact) mass is 255 g/mol. The second-order valence-corrected chi connectivity index (χ2v) is 4.29. The lowest BCUT2D eigenvalue weighted by Gasteiger charge is -2.21. The highest BCUT2D eigenvalue weighted by molar-refractivity contribution is 5.51. The van der Waals surface area contributed by atoms with Gasteiger partial charge in [-0.1, -0.05) is 6.07 Å². The number of ether oxygens (including phenoxy) is 3. The van der Waals surface area contributed by atoms with Gasteiger partial charge in [0.25, 0.3) is 0 Å². The van der Waals surface area contributed by atoms with Crippen molar-refractivity contribution in [3.63, 3.8) is 0 Å². The molecule has 1 rings (SSSR count). The summed E-state index contributed by atoms with van der Waals surface area (Å²) in [4.78, 5) is 0.